The monoisotopic (exact) mass is 424 g/mol. The van der Waals surface area contributed by atoms with Gasteiger partial charge in [-0.1, -0.05) is 6.07 Å². The maximum atomic E-state index is 11.9. The van der Waals surface area contributed by atoms with E-state index in [1.165, 1.54) is 7.05 Å². The Labute approximate surface area is 173 Å². The Balaban J connectivity index is 1.69. The average Bonchev–Trinajstić information content (AvgIpc) is 3.17. The third-order valence-corrected chi connectivity index (χ3v) is 5.82. The second-order valence-electron chi connectivity index (χ2n) is 6.71. The number of aromatic nitrogens is 5. The van der Waals surface area contributed by atoms with Gasteiger partial charge in [-0.2, -0.15) is 5.10 Å². The van der Waals surface area contributed by atoms with E-state index in [0.717, 1.165) is 21.6 Å². The minimum atomic E-state index is -3.44. The summed E-state index contributed by atoms with van der Waals surface area (Å²) in [6.07, 6.45) is 5.86. The summed E-state index contributed by atoms with van der Waals surface area (Å²) in [7, 11) is -1.97. The number of aromatic amines is 1. The molecule has 0 atom stereocenters. The number of sulfonamides is 1. The predicted molar refractivity (Wildman–Crippen MR) is 116 cm³/mol. The fourth-order valence-corrected chi connectivity index (χ4v) is 3.54. The van der Waals surface area contributed by atoms with Crippen LogP contribution in [0, 0.1) is 0 Å². The molecule has 0 aliphatic heterocycles. The number of hydrogen-bond acceptors (Lipinski definition) is 8. The molecular weight excluding hydrogens is 404 g/mol. The van der Waals surface area contributed by atoms with E-state index < -0.39 is 10.0 Å². The van der Waals surface area contributed by atoms with E-state index in [9.17, 15) is 8.42 Å². The molecule has 4 N–H and O–H groups in total. The zero-order chi connectivity index (χ0) is 21.3. The number of anilines is 3. The number of fused-ring (bicyclic) bond motifs is 1. The van der Waals surface area contributed by atoms with Gasteiger partial charge in [0.1, 0.15) is 17.2 Å². The van der Waals surface area contributed by atoms with E-state index in [4.69, 9.17) is 5.73 Å². The summed E-state index contributed by atoms with van der Waals surface area (Å²) in [5.41, 5.74) is 10.1. The molecule has 4 aromatic heterocycles. The van der Waals surface area contributed by atoms with Crippen LogP contribution in [0.1, 0.15) is 5.56 Å². The van der Waals surface area contributed by atoms with Crippen LogP contribution >= 0.6 is 0 Å². The highest BCUT2D eigenvalue weighted by atomic mass is 32.2. The highest BCUT2D eigenvalue weighted by molar-refractivity contribution is 7.92. The molecule has 0 aliphatic carbocycles. The van der Waals surface area contributed by atoms with Crippen molar-refractivity contribution in [3.63, 3.8) is 0 Å². The van der Waals surface area contributed by atoms with Crippen molar-refractivity contribution in [3.05, 3.63) is 54.5 Å². The molecule has 0 amide bonds. The first-order valence-electron chi connectivity index (χ1n) is 9.01. The molecule has 154 valence electrons. The number of rotatable bonds is 6. The first-order chi connectivity index (χ1) is 14.3. The Hall–Kier alpha value is -3.73. The van der Waals surface area contributed by atoms with E-state index in [1.807, 2.05) is 18.2 Å². The van der Waals surface area contributed by atoms with E-state index >= 15 is 0 Å². The molecular formula is C19H20N8O2S. The Morgan fingerprint density at radius 1 is 1.20 bits per heavy atom. The molecule has 0 aromatic carbocycles. The minimum absolute atomic E-state index is 0.317. The van der Waals surface area contributed by atoms with Gasteiger partial charge in [-0.15, -0.1) is 5.10 Å². The molecule has 4 aromatic rings. The number of hydrogen-bond donors (Lipinski definition) is 3. The molecule has 0 bridgehead atoms. The van der Waals surface area contributed by atoms with Crippen molar-refractivity contribution >= 4 is 38.2 Å². The van der Waals surface area contributed by atoms with E-state index in [0.29, 0.717) is 40.6 Å². The Morgan fingerprint density at radius 3 is 2.73 bits per heavy atom. The third kappa shape index (κ3) is 3.74. The minimum Gasteiger partial charge on any atom is -0.396 e. The van der Waals surface area contributed by atoms with Gasteiger partial charge in [0.15, 0.2) is 0 Å². The molecule has 0 unspecified atom stereocenters. The lowest BCUT2D eigenvalue weighted by molar-refractivity contribution is 0.599. The first-order valence-corrected chi connectivity index (χ1v) is 10.9. The van der Waals surface area contributed by atoms with Crippen molar-refractivity contribution in [3.8, 4) is 11.4 Å². The number of nitrogen functional groups attached to an aromatic ring is 1. The second kappa shape index (κ2) is 7.59. The maximum Gasteiger partial charge on any atom is 0.233 e. The Bertz CT molecular complexity index is 1300. The lowest BCUT2D eigenvalue weighted by Crippen LogP contribution is -2.27. The number of nitrogens with two attached hydrogens (primary N) is 1. The van der Waals surface area contributed by atoms with Gasteiger partial charge in [-0.25, -0.2) is 18.4 Å². The number of H-pyrrole nitrogens is 1. The molecule has 4 heterocycles. The molecule has 0 saturated carbocycles. The van der Waals surface area contributed by atoms with Crippen LogP contribution in [0.3, 0.4) is 0 Å². The molecule has 0 saturated heterocycles. The summed E-state index contributed by atoms with van der Waals surface area (Å²) in [5, 5.41) is 12.1. The van der Waals surface area contributed by atoms with Crippen LogP contribution in [0.4, 0.5) is 17.2 Å². The van der Waals surface area contributed by atoms with Crippen molar-refractivity contribution in [1.82, 2.24) is 25.1 Å². The van der Waals surface area contributed by atoms with Crippen LogP contribution in [0.25, 0.3) is 22.4 Å². The van der Waals surface area contributed by atoms with Crippen LogP contribution < -0.4 is 15.4 Å². The lowest BCUT2D eigenvalue weighted by atomic mass is 10.2. The summed E-state index contributed by atoms with van der Waals surface area (Å²) in [6.45, 7) is 0.317. The van der Waals surface area contributed by atoms with Crippen molar-refractivity contribution in [2.75, 3.05) is 28.7 Å². The van der Waals surface area contributed by atoms with Crippen molar-refractivity contribution in [2.24, 2.45) is 0 Å². The van der Waals surface area contributed by atoms with Gasteiger partial charge in [0, 0.05) is 36.9 Å². The average molecular weight is 424 g/mol. The van der Waals surface area contributed by atoms with Gasteiger partial charge < -0.3 is 16.0 Å². The number of pyridine rings is 2. The van der Waals surface area contributed by atoms with Gasteiger partial charge in [0.2, 0.25) is 10.0 Å². The van der Waals surface area contributed by atoms with Crippen molar-refractivity contribution in [1.29, 1.82) is 0 Å². The molecule has 0 fully saturated rings. The van der Waals surface area contributed by atoms with Crippen LogP contribution in [-0.2, 0) is 16.6 Å². The lowest BCUT2D eigenvalue weighted by Gasteiger charge is -2.19. The van der Waals surface area contributed by atoms with Gasteiger partial charge in [0.05, 0.1) is 29.5 Å². The van der Waals surface area contributed by atoms with Crippen LogP contribution in [-0.4, -0.2) is 46.9 Å². The van der Waals surface area contributed by atoms with Gasteiger partial charge in [-0.3, -0.25) is 4.31 Å². The summed E-state index contributed by atoms with van der Waals surface area (Å²) in [5.74, 6) is 0.352. The molecule has 0 spiro atoms. The smallest absolute Gasteiger partial charge is 0.233 e. The highest BCUT2D eigenvalue weighted by Crippen LogP contribution is 2.32. The van der Waals surface area contributed by atoms with Crippen LogP contribution in [0.15, 0.2) is 48.9 Å². The first kappa shape index (κ1) is 19.6. The summed E-state index contributed by atoms with van der Waals surface area (Å²) in [6, 6.07) is 9.12. The van der Waals surface area contributed by atoms with Crippen molar-refractivity contribution < 1.29 is 8.42 Å². The number of nitrogens with zero attached hydrogens (tertiary/aromatic N) is 5. The zero-order valence-electron chi connectivity index (χ0n) is 16.4. The Morgan fingerprint density at radius 2 is 2.00 bits per heavy atom. The third-order valence-electron chi connectivity index (χ3n) is 4.65. The molecule has 4 rings (SSSR count). The SMILES string of the molecule is CN(c1ncccc1CNc1c(N)cnc2[nH]c(-c3cccnn3)cc12)S(C)(=O)=O. The highest BCUT2D eigenvalue weighted by Gasteiger charge is 2.18. The molecule has 0 aliphatic rings. The van der Waals surface area contributed by atoms with Gasteiger partial charge >= 0.3 is 0 Å². The maximum absolute atomic E-state index is 11.9. The standard InChI is InChI=1S/C19H20N8O2S/c1-27(30(2,28)29)19-12(5-3-7-21-19)10-22-17-13-9-16(15-6-4-8-24-26-15)25-18(13)23-11-14(17)20/h3-9,11H,10,20H2,1-2H3,(H2,22,23,25). The molecule has 11 heteroatoms. The summed E-state index contributed by atoms with van der Waals surface area (Å²) in [4.78, 5) is 11.8. The fourth-order valence-electron chi connectivity index (χ4n) is 3.06. The second-order valence-corrected chi connectivity index (χ2v) is 8.73. The Kier molecular flexibility index (Phi) is 4.96. The van der Waals surface area contributed by atoms with Crippen LogP contribution in [0.2, 0.25) is 0 Å². The van der Waals surface area contributed by atoms with Crippen molar-refractivity contribution in [2.45, 2.75) is 6.54 Å². The largest absolute Gasteiger partial charge is 0.396 e. The molecule has 30 heavy (non-hydrogen) atoms. The van der Waals surface area contributed by atoms with Gasteiger partial charge in [0.25, 0.3) is 0 Å². The summed E-state index contributed by atoms with van der Waals surface area (Å²) >= 11 is 0. The van der Waals surface area contributed by atoms with Gasteiger partial charge in [-0.05, 0) is 24.3 Å². The molecule has 10 nitrogen and oxygen atoms in total. The van der Waals surface area contributed by atoms with Crippen LogP contribution in [0.5, 0.6) is 0 Å². The van der Waals surface area contributed by atoms with E-state index in [-0.39, 0.29) is 0 Å². The zero-order valence-corrected chi connectivity index (χ0v) is 17.2. The van der Waals surface area contributed by atoms with E-state index in [1.54, 1.807) is 30.7 Å². The topological polar surface area (TPSA) is 143 Å². The quantitative estimate of drug-likeness (QED) is 0.426. The van der Waals surface area contributed by atoms with E-state index in [2.05, 4.69) is 30.5 Å². The normalized spacial score (nSPS) is 11.5. The predicted octanol–water partition coefficient (Wildman–Crippen LogP) is 2.00. The molecule has 0 radical (unpaired) electrons. The number of nitrogens with one attached hydrogen (secondary N) is 2. The summed E-state index contributed by atoms with van der Waals surface area (Å²) < 4.78 is 25.0. The fraction of sp³-hybridized carbons (Fsp3) is 0.158.